The van der Waals surface area contributed by atoms with Gasteiger partial charge in [0.2, 0.25) is 0 Å². The van der Waals surface area contributed by atoms with Crippen molar-refractivity contribution < 1.29 is 0 Å². The van der Waals surface area contributed by atoms with Crippen LogP contribution < -0.4 is 5.73 Å². The number of hydrogen-bond donors (Lipinski definition) is 1. The highest BCUT2D eigenvalue weighted by molar-refractivity contribution is 5.11. The molecule has 0 spiro atoms. The first-order valence-corrected chi connectivity index (χ1v) is 4.62. The van der Waals surface area contributed by atoms with Gasteiger partial charge in [0.15, 0.2) is 0 Å². The third-order valence-corrected chi connectivity index (χ3v) is 3.47. The van der Waals surface area contributed by atoms with Crippen LogP contribution in [0.3, 0.4) is 0 Å². The quantitative estimate of drug-likeness (QED) is 0.633. The van der Waals surface area contributed by atoms with Gasteiger partial charge in [-0.05, 0) is 38.1 Å². The molecule has 0 radical (unpaired) electrons. The van der Waals surface area contributed by atoms with Crippen LogP contribution in [-0.2, 0) is 0 Å². The predicted octanol–water partition coefficient (Wildman–Crippen LogP) is 0.675. The van der Waals surface area contributed by atoms with Crippen molar-refractivity contribution in [2.75, 3.05) is 19.6 Å². The van der Waals surface area contributed by atoms with E-state index in [9.17, 15) is 0 Å². The molecule has 2 heteroatoms. The fourth-order valence-electron chi connectivity index (χ4n) is 2.34. The van der Waals surface area contributed by atoms with Crippen LogP contribution in [0.5, 0.6) is 0 Å². The second-order valence-corrected chi connectivity index (χ2v) is 4.49. The Kier molecular flexibility index (Phi) is 1.52. The Labute approximate surface area is 68.7 Å². The van der Waals surface area contributed by atoms with Crippen molar-refractivity contribution in [3.05, 3.63) is 0 Å². The maximum atomic E-state index is 5.75. The molecule has 0 aromatic carbocycles. The van der Waals surface area contributed by atoms with Crippen molar-refractivity contribution >= 4 is 0 Å². The average Bonchev–Trinajstić information content (AvgIpc) is 2.55. The number of rotatable bonds is 2. The molecule has 1 aliphatic carbocycles. The average molecular weight is 154 g/mol. The van der Waals surface area contributed by atoms with Gasteiger partial charge < -0.3 is 10.6 Å². The maximum absolute atomic E-state index is 5.75. The van der Waals surface area contributed by atoms with Gasteiger partial charge in [-0.3, -0.25) is 0 Å². The van der Waals surface area contributed by atoms with Crippen molar-refractivity contribution in [3.63, 3.8) is 0 Å². The second kappa shape index (κ2) is 2.20. The van der Waals surface area contributed by atoms with E-state index in [1.165, 1.54) is 19.5 Å². The summed E-state index contributed by atoms with van der Waals surface area (Å²) in [5.41, 5.74) is 6.31. The van der Waals surface area contributed by atoms with Gasteiger partial charge in [0.25, 0.3) is 0 Å². The largest absolute Gasteiger partial charge is 0.330 e. The summed E-state index contributed by atoms with van der Waals surface area (Å²) in [4.78, 5) is 2.56. The van der Waals surface area contributed by atoms with E-state index in [2.05, 4.69) is 18.7 Å². The highest BCUT2D eigenvalue weighted by Gasteiger charge is 2.58. The van der Waals surface area contributed by atoms with Crippen LogP contribution in [0.15, 0.2) is 0 Å². The van der Waals surface area contributed by atoms with Crippen molar-refractivity contribution in [2.45, 2.75) is 26.3 Å². The molecule has 2 N–H and O–H groups in total. The molecule has 11 heavy (non-hydrogen) atoms. The van der Waals surface area contributed by atoms with Crippen LogP contribution in [-0.4, -0.2) is 30.6 Å². The number of nitrogens with zero attached hydrogens (tertiary/aromatic N) is 1. The molecule has 2 fully saturated rings. The van der Waals surface area contributed by atoms with Gasteiger partial charge in [0.1, 0.15) is 0 Å². The van der Waals surface area contributed by atoms with Gasteiger partial charge in [0, 0.05) is 19.1 Å². The zero-order chi connectivity index (χ0) is 8.06. The summed E-state index contributed by atoms with van der Waals surface area (Å²) in [7, 11) is 0. The lowest BCUT2D eigenvalue weighted by Gasteiger charge is -2.23. The van der Waals surface area contributed by atoms with Gasteiger partial charge in [-0.2, -0.15) is 0 Å². The Balaban J connectivity index is 1.97. The lowest BCUT2D eigenvalue weighted by molar-refractivity contribution is 0.231. The van der Waals surface area contributed by atoms with Crippen LogP contribution in [0.4, 0.5) is 0 Å². The minimum atomic E-state index is 0.560. The molecule has 2 nitrogen and oxygen atoms in total. The Morgan fingerprint density at radius 1 is 1.64 bits per heavy atom. The third-order valence-electron chi connectivity index (χ3n) is 3.47. The molecule has 2 rings (SSSR count). The Morgan fingerprint density at radius 2 is 2.36 bits per heavy atom. The standard InChI is InChI=1S/C9H18N2/c1-7(2)11-4-8-3-9(8,5-10)6-11/h7-8H,3-6,10H2,1-2H3. The monoisotopic (exact) mass is 154 g/mol. The third kappa shape index (κ3) is 1.00. The molecule has 2 unspecified atom stereocenters. The van der Waals surface area contributed by atoms with Crippen LogP contribution in [0.25, 0.3) is 0 Å². The first-order valence-electron chi connectivity index (χ1n) is 4.62. The summed E-state index contributed by atoms with van der Waals surface area (Å²) in [5.74, 6) is 0.940. The Morgan fingerprint density at radius 3 is 2.73 bits per heavy atom. The summed E-state index contributed by atoms with van der Waals surface area (Å²) in [6, 6.07) is 0.714. The van der Waals surface area contributed by atoms with E-state index in [1.54, 1.807) is 0 Å². The summed E-state index contributed by atoms with van der Waals surface area (Å²) in [6.45, 7) is 8.01. The van der Waals surface area contributed by atoms with Crippen LogP contribution >= 0.6 is 0 Å². The molecular formula is C9H18N2. The first kappa shape index (κ1) is 7.56. The van der Waals surface area contributed by atoms with Crippen LogP contribution in [0, 0.1) is 11.3 Å². The summed E-state index contributed by atoms with van der Waals surface area (Å²) in [6.07, 6.45) is 1.40. The van der Waals surface area contributed by atoms with Crippen LogP contribution in [0.1, 0.15) is 20.3 Å². The molecule has 1 saturated heterocycles. The molecule has 1 heterocycles. The maximum Gasteiger partial charge on any atom is 0.00562 e. The normalized spacial score (nSPS) is 43.1. The number of nitrogens with two attached hydrogens (primary N) is 1. The topological polar surface area (TPSA) is 29.3 Å². The van der Waals surface area contributed by atoms with Gasteiger partial charge >= 0.3 is 0 Å². The van der Waals surface area contributed by atoms with E-state index in [4.69, 9.17) is 5.73 Å². The van der Waals surface area contributed by atoms with E-state index in [-0.39, 0.29) is 0 Å². The molecule has 1 aliphatic heterocycles. The minimum absolute atomic E-state index is 0.560. The van der Waals surface area contributed by atoms with E-state index in [1.807, 2.05) is 0 Å². The summed E-state index contributed by atoms with van der Waals surface area (Å²) >= 11 is 0. The van der Waals surface area contributed by atoms with Gasteiger partial charge in [0.05, 0.1) is 0 Å². The molecular weight excluding hydrogens is 136 g/mol. The summed E-state index contributed by atoms with van der Waals surface area (Å²) in [5, 5.41) is 0. The van der Waals surface area contributed by atoms with Gasteiger partial charge in [-0.1, -0.05) is 0 Å². The molecule has 2 atom stereocenters. The van der Waals surface area contributed by atoms with Gasteiger partial charge in [-0.25, -0.2) is 0 Å². The smallest absolute Gasteiger partial charge is 0.00562 e. The first-order chi connectivity index (χ1) is 5.18. The van der Waals surface area contributed by atoms with Crippen molar-refractivity contribution in [2.24, 2.45) is 17.1 Å². The minimum Gasteiger partial charge on any atom is -0.330 e. The lowest BCUT2D eigenvalue weighted by atomic mass is 10.1. The van der Waals surface area contributed by atoms with E-state index < -0.39 is 0 Å². The molecule has 64 valence electrons. The number of hydrogen-bond acceptors (Lipinski definition) is 2. The Bertz CT molecular complexity index is 163. The molecule has 1 saturated carbocycles. The predicted molar refractivity (Wildman–Crippen MR) is 46.3 cm³/mol. The lowest BCUT2D eigenvalue weighted by Crippen LogP contribution is -2.33. The molecule has 0 aromatic heterocycles. The fraction of sp³-hybridized carbons (Fsp3) is 1.00. The van der Waals surface area contributed by atoms with Gasteiger partial charge in [-0.15, -0.1) is 0 Å². The Hall–Kier alpha value is -0.0800. The van der Waals surface area contributed by atoms with E-state index in [0.717, 1.165) is 12.5 Å². The summed E-state index contributed by atoms with van der Waals surface area (Å²) < 4.78 is 0. The van der Waals surface area contributed by atoms with Crippen LogP contribution in [0.2, 0.25) is 0 Å². The highest BCUT2D eigenvalue weighted by Crippen LogP contribution is 2.57. The molecule has 0 bridgehead atoms. The molecule has 0 aromatic rings. The zero-order valence-electron chi connectivity index (χ0n) is 7.51. The van der Waals surface area contributed by atoms with Crippen molar-refractivity contribution in [1.29, 1.82) is 0 Å². The van der Waals surface area contributed by atoms with E-state index >= 15 is 0 Å². The zero-order valence-corrected chi connectivity index (χ0v) is 7.51. The number of piperidine rings is 1. The van der Waals surface area contributed by atoms with Crippen molar-refractivity contribution in [3.8, 4) is 0 Å². The number of likely N-dealkylation sites (tertiary alicyclic amines) is 1. The number of fused-ring (bicyclic) bond motifs is 1. The molecule has 0 amide bonds. The van der Waals surface area contributed by atoms with E-state index in [0.29, 0.717) is 11.5 Å². The SMILES string of the molecule is CC(C)N1CC2CC2(CN)C1. The van der Waals surface area contributed by atoms with Crippen molar-refractivity contribution in [1.82, 2.24) is 4.90 Å². The highest BCUT2D eigenvalue weighted by atomic mass is 15.2. The second-order valence-electron chi connectivity index (χ2n) is 4.49. The molecule has 2 aliphatic rings. The fourth-order valence-corrected chi connectivity index (χ4v) is 2.34.